The molecule has 1 aromatic heterocycles. The Labute approximate surface area is 96.9 Å². The van der Waals surface area contributed by atoms with Crippen molar-refractivity contribution in [3.63, 3.8) is 0 Å². The molecule has 2 rings (SSSR count). The molecule has 1 heterocycles. The third-order valence-electron chi connectivity index (χ3n) is 2.11. The molecule has 0 atom stereocenters. The highest BCUT2D eigenvalue weighted by Crippen LogP contribution is 2.25. The highest BCUT2D eigenvalue weighted by Gasteiger charge is 2.09. The topological polar surface area (TPSA) is 79.9 Å². The minimum atomic E-state index is -1.13. The summed E-state index contributed by atoms with van der Waals surface area (Å²) < 4.78 is 10.3. The summed E-state index contributed by atoms with van der Waals surface area (Å²) in [6.07, 6.45) is 0. The number of furan rings is 1. The van der Waals surface area contributed by atoms with E-state index < -0.39 is 5.97 Å². The summed E-state index contributed by atoms with van der Waals surface area (Å²) in [7, 11) is 0. The zero-order chi connectivity index (χ0) is 12.3. The number of aromatic hydroxyl groups is 1. The molecule has 2 N–H and O–H groups in total. The molecule has 0 spiro atoms. The smallest absolute Gasteiger partial charge is 0.371 e. The second kappa shape index (κ2) is 4.61. The van der Waals surface area contributed by atoms with Gasteiger partial charge in [-0.2, -0.15) is 0 Å². The maximum absolute atomic E-state index is 10.6. The number of rotatable bonds is 4. The highest BCUT2D eigenvalue weighted by atomic mass is 16.5. The van der Waals surface area contributed by atoms with Gasteiger partial charge in [0, 0.05) is 0 Å². The predicted molar refractivity (Wildman–Crippen MR) is 58.1 cm³/mol. The van der Waals surface area contributed by atoms with Crippen LogP contribution in [0.4, 0.5) is 0 Å². The lowest BCUT2D eigenvalue weighted by Crippen LogP contribution is -1.95. The van der Waals surface area contributed by atoms with E-state index in [2.05, 4.69) is 0 Å². The number of carboxylic acids is 1. The molecule has 5 nitrogen and oxygen atoms in total. The lowest BCUT2D eigenvalue weighted by atomic mass is 10.3. The van der Waals surface area contributed by atoms with E-state index in [9.17, 15) is 9.90 Å². The first-order valence-corrected chi connectivity index (χ1v) is 4.89. The zero-order valence-electron chi connectivity index (χ0n) is 8.79. The number of carbonyl (C=O) groups is 1. The number of phenolic OH excluding ortho intramolecular Hbond substituents is 1. The van der Waals surface area contributed by atoms with Crippen molar-refractivity contribution in [3.05, 3.63) is 47.9 Å². The molecule has 0 unspecified atom stereocenters. The normalized spacial score (nSPS) is 10.1. The first kappa shape index (κ1) is 11.1. The molecule has 0 saturated carbocycles. The summed E-state index contributed by atoms with van der Waals surface area (Å²) in [4.78, 5) is 10.6. The fourth-order valence-electron chi connectivity index (χ4n) is 1.30. The molecule has 0 fully saturated rings. The van der Waals surface area contributed by atoms with Gasteiger partial charge in [0.15, 0.2) is 11.5 Å². The van der Waals surface area contributed by atoms with Gasteiger partial charge in [-0.15, -0.1) is 0 Å². The maximum atomic E-state index is 10.6. The van der Waals surface area contributed by atoms with E-state index in [1.54, 1.807) is 18.2 Å². The van der Waals surface area contributed by atoms with Crippen molar-refractivity contribution in [1.29, 1.82) is 0 Å². The second-order valence-corrected chi connectivity index (χ2v) is 3.33. The standard InChI is InChI=1S/C12H10O5/c13-9-3-1-2-4-10(9)16-7-8-5-6-11(17-8)12(14)15/h1-6,13H,7H2,(H,14,15). The van der Waals surface area contributed by atoms with Crippen molar-refractivity contribution in [2.45, 2.75) is 6.61 Å². The zero-order valence-corrected chi connectivity index (χ0v) is 8.79. The number of para-hydroxylation sites is 2. The fraction of sp³-hybridized carbons (Fsp3) is 0.0833. The van der Waals surface area contributed by atoms with E-state index in [4.69, 9.17) is 14.3 Å². The number of aromatic carboxylic acids is 1. The van der Waals surface area contributed by atoms with Gasteiger partial charge in [0.1, 0.15) is 12.4 Å². The molecular weight excluding hydrogens is 224 g/mol. The Morgan fingerprint density at radius 3 is 2.65 bits per heavy atom. The Morgan fingerprint density at radius 1 is 1.24 bits per heavy atom. The van der Waals surface area contributed by atoms with Crippen LogP contribution in [0.5, 0.6) is 11.5 Å². The Balaban J connectivity index is 2.02. The average molecular weight is 234 g/mol. The molecule has 2 aromatic rings. The summed E-state index contributed by atoms with van der Waals surface area (Å²) in [6.45, 7) is 0.0604. The van der Waals surface area contributed by atoms with Crippen molar-refractivity contribution in [3.8, 4) is 11.5 Å². The van der Waals surface area contributed by atoms with Gasteiger partial charge in [0.2, 0.25) is 5.76 Å². The number of carboxylic acid groups (broad SMARTS) is 1. The Kier molecular flexibility index (Phi) is 3.00. The van der Waals surface area contributed by atoms with E-state index in [-0.39, 0.29) is 18.1 Å². The van der Waals surface area contributed by atoms with E-state index in [0.717, 1.165) is 0 Å². The van der Waals surface area contributed by atoms with Crippen LogP contribution >= 0.6 is 0 Å². The molecule has 0 aliphatic heterocycles. The predicted octanol–water partition coefficient (Wildman–Crippen LogP) is 2.26. The lowest BCUT2D eigenvalue weighted by Gasteiger charge is -2.05. The van der Waals surface area contributed by atoms with Gasteiger partial charge < -0.3 is 19.4 Å². The Bertz CT molecular complexity index is 529. The summed E-state index contributed by atoms with van der Waals surface area (Å²) in [6, 6.07) is 9.38. The van der Waals surface area contributed by atoms with E-state index >= 15 is 0 Å². The van der Waals surface area contributed by atoms with Crippen molar-refractivity contribution in [2.75, 3.05) is 0 Å². The summed E-state index contributed by atoms with van der Waals surface area (Å²) >= 11 is 0. The first-order valence-electron chi connectivity index (χ1n) is 4.89. The minimum Gasteiger partial charge on any atom is -0.504 e. The average Bonchev–Trinajstić information content (AvgIpc) is 2.77. The fourth-order valence-corrected chi connectivity index (χ4v) is 1.30. The molecule has 1 aromatic carbocycles. The number of hydrogen-bond acceptors (Lipinski definition) is 4. The van der Waals surface area contributed by atoms with E-state index in [1.807, 2.05) is 0 Å². The van der Waals surface area contributed by atoms with Gasteiger partial charge in [0.05, 0.1) is 0 Å². The summed E-state index contributed by atoms with van der Waals surface area (Å²) in [5.41, 5.74) is 0. The maximum Gasteiger partial charge on any atom is 0.371 e. The third kappa shape index (κ3) is 2.57. The quantitative estimate of drug-likeness (QED) is 0.848. The largest absolute Gasteiger partial charge is 0.504 e. The van der Waals surface area contributed by atoms with Gasteiger partial charge in [-0.3, -0.25) is 0 Å². The Morgan fingerprint density at radius 2 is 2.00 bits per heavy atom. The number of benzene rings is 1. The van der Waals surface area contributed by atoms with Gasteiger partial charge in [-0.25, -0.2) is 4.79 Å². The molecule has 0 saturated heterocycles. The van der Waals surface area contributed by atoms with Crippen LogP contribution in [-0.2, 0) is 6.61 Å². The molecule has 0 aliphatic carbocycles. The summed E-state index contributed by atoms with van der Waals surface area (Å²) in [5, 5.41) is 18.1. The molecule has 0 radical (unpaired) electrons. The second-order valence-electron chi connectivity index (χ2n) is 3.33. The van der Waals surface area contributed by atoms with Crippen LogP contribution in [0.2, 0.25) is 0 Å². The SMILES string of the molecule is O=C(O)c1ccc(COc2ccccc2O)o1. The molecule has 0 amide bonds. The van der Waals surface area contributed by atoms with Crippen molar-refractivity contribution < 1.29 is 24.2 Å². The van der Waals surface area contributed by atoms with Crippen molar-refractivity contribution in [2.24, 2.45) is 0 Å². The Hall–Kier alpha value is -2.43. The van der Waals surface area contributed by atoms with Crippen LogP contribution in [0.25, 0.3) is 0 Å². The van der Waals surface area contributed by atoms with Gasteiger partial charge in [0.25, 0.3) is 0 Å². The van der Waals surface area contributed by atoms with Gasteiger partial charge in [-0.05, 0) is 24.3 Å². The number of ether oxygens (including phenoxy) is 1. The van der Waals surface area contributed by atoms with Crippen LogP contribution in [0.3, 0.4) is 0 Å². The van der Waals surface area contributed by atoms with Crippen LogP contribution in [0, 0.1) is 0 Å². The van der Waals surface area contributed by atoms with Gasteiger partial charge >= 0.3 is 5.97 Å². The van der Waals surface area contributed by atoms with Crippen LogP contribution in [-0.4, -0.2) is 16.2 Å². The highest BCUT2D eigenvalue weighted by molar-refractivity contribution is 5.84. The monoisotopic (exact) mass is 234 g/mol. The van der Waals surface area contributed by atoms with Gasteiger partial charge in [-0.1, -0.05) is 12.1 Å². The van der Waals surface area contributed by atoms with E-state index in [0.29, 0.717) is 11.5 Å². The molecular formula is C12H10O5. The van der Waals surface area contributed by atoms with Crippen LogP contribution in [0.1, 0.15) is 16.3 Å². The molecule has 88 valence electrons. The van der Waals surface area contributed by atoms with Crippen molar-refractivity contribution >= 4 is 5.97 Å². The molecule has 17 heavy (non-hydrogen) atoms. The van der Waals surface area contributed by atoms with Crippen molar-refractivity contribution in [1.82, 2.24) is 0 Å². The molecule has 0 aliphatic rings. The molecule has 0 bridgehead atoms. The summed E-state index contributed by atoms with van der Waals surface area (Å²) in [5.74, 6) is -0.538. The number of phenols is 1. The third-order valence-corrected chi connectivity index (χ3v) is 2.11. The van der Waals surface area contributed by atoms with E-state index in [1.165, 1.54) is 18.2 Å². The molecule has 5 heteroatoms. The van der Waals surface area contributed by atoms with Crippen LogP contribution in [0.15, 0.2) is 40.8 Å². The minimum absolute atomic E-state index is 0.0255. The lowest BCUT2D eigenvalue weighted by molar-refractivity contribution is 0.0658. The first-order chi connectivity index (χ1) is 8.16. The number of hydrogen-bond donors (Lipinski definition) is 2. The van der Waals surface area contributed by atoms with Crippen LogP contribution < -0.4 is 4.74 Å².